The van der Waals surface area contributed by atoms with Gasteiger partial charge in [-0.2, -0.15) is 0 Å². The third kappa shape index (κ3) is 3.25. The largest absolute Gasteiger partial charge is 0.497 e. The van der Waals surface area contributed by atoms with Crippen LogP contribution in [0.15, 0.2) is 42.5 Å². The topological polar surface area (TPSA) is 49.9 Å². The number of benzene rings is 2. The van der Waals surface area contributed by atoms with Crippen molar-refractivity contribution in [3.63, 3.8) is 0 Å². The van der Waals surface area contributed by atoms with Gasteiger partial charge in [-0.05, 0) is 30.2 Å². The van der Waals surface area contributed by atoms with Crippen LogP contribution in [0.25, 0.3) is 0 Å². The fourth-order valence-corrected chi connectivity index (χ4v) is 5.66. The Morgan fingerprint density at radius 2 is 2.03 bits per heavy atom. The summed E-state index contributed by atoms with van der Waals surface area (Å²) in [4.78, 5) is 29.1. The van der Waals surface area contributed by atoms with Crippen LogP contribution in [-0.4, -0.2) is 36.1 Å². The molecule has 158 valence electrons. The summed E-state index contributed by atoms with van der Waals surface area (Å²) >= 11 is 1.47. The molecule has 7 heteroatoms. The molecule has 0 aromatic heterocycles. The van der Waals surface area contributed by atoms with Crippen LogP contribution in [0.4, 0.5) is 10.1 Å². The zero-order valence-electron chi connectivity index (χ0n) is 17.4. The number of fused-ring (bicyclic) bond motifs is 2. The van der Waals surface area contributed by atoms with E-state index in [2.05, 4.69) is 0 Å². The Balaban J connectivity index is 1.81. The Kier molecular flexibility index (Phi) is 5.49. The number of amides is 2. The van der Waals surface area contributed by atoms with Crippen molar-refractivity contribution in [3.8, 4) is 5.75 Å². The number of anilines is 1. The van der Waals surface area contributed by atoms with Crippen LogP contribution in [-0.2, 0) is 21.0 Å². The molecular formula is C23H25FN2O3S. The Morgan fingerprint density at radius 3 is 2.73 bits per heavy atom. The fourth-order valence-electron chi connectivity index (χ4n) is 4.19. The summed E-state index contributed by atoms with van der Waals surface area (Å²) in [5.41, 5.74) is 1.87. The first kappa shape index (κ1) is 20.7. The van der Waals surface area contributed by atoms with Gasteiger partial charge >= 0.3 is 0 Å². The summed E-state index contributed by atoms with van der Waals surface area (Å²) in [6.07, 6.45) is 0.377. The number of carbonyl (C=O) groups is 2. The molecule has 0 saturated carbocycles. The molecule has 1 atom stereocenters. The van der Waals surface area contributed by atoms with Crippen LogP contribution in [0.5, 0.6) is 5.75 Å². The first-order chi connectivity index (χ1) is 14.4. The fraction of sp³-hybridized carbons (Fsp3) is 0.391. The van der Waals surface area contributed by atoms with Gasteiger partial charge in [0.2, 0.25) is 5.91 Å². The molecule has 0 bridgehead atoms. The van der Waals surface area contributed by atoms with Gasteiger partial charge in [0.25, 0.3) is 5.91 Å². The first-order valence-corrected chi connectivity index (χ1v) is 11.1. The number of carbonyl (C=O) groups excluding carboxylic acids is 2. The summed E-state index contributed by atoms with van der Waals surface area (Å²) < 4.78 is 19.8. The number of hydrogen-bond donors (Lipinski definition) is 0. The number of nitrogens with zero attached hydrogens (tertiary/aromatic N) is 2. The van der Waals surface area contributed by atoms with Crippen LogP contribution in [0.2, 0.25) is 0 Å². The average molecular weight is 429 g/mol. The van der Waals surface area contributed by atoms with Crippen molar-refractivity contribution in [1.29, 1.82) is 0 Å². The normalized spacial score (nSPS) is 20.4. The van der Waals surface area contributed by atoms with Crippen molar-refractivity contribution in [2.75, 3.05) is 24.3 Å². The molecule has 0 N–H and O–H groups in total. The smallest absolute Gasteiger partial charge is 0.268 e. The minimum atomic E-state index is -1.12. The molecule has 4 rings (SSSR count). The summed E-state index contributed by atoms with van der Waals surface area (Å²) in [6.45, 7) is 4.60. The van der Waals surface area contributed by atoms with Gasteiger partial charge in [-0.25, -0.2) is 4.39 Å². The maximum Gasteiger partial charge on any atom is 0.268 e. The number of hydrogen-bond acceptors (Lipinski definition) is 4. The molecule has 2 aromatic carbocycles. The molecule has 1 fully saturated rings. The van der Waals surface area contributed by atoms with Crippen molar-refractivity contribution in [3.05, 3.63) is 59.4 Å². The Hall–Kier alpha value is -2.54. The van der Waals surface area contributed by atoms with E-state index in [4.69, 9.17) is 4.74 Å². The SMILES string of the molecule is COc1ccc2c(c1)[C@]1(SCCN1C(=O)CC(C)C)C(=O)N2Cc1ccccc1F. The minimum Gasteiger partial charge on any atom is -0.497 e. The number of thioether (sulfide) groups is 1. The van der Waals surface area contributed by atoms with E-state index < -0.39 is 4.87 Å². The molecule has 0 unspecified atom stereocenters. The second-order valence-corrected chi connectivity index (χ2v) is 9.29. The van der Waals surface area contributed by atoms with Crippen LogP contribution in [0, 0.1) is 11.7 Å². The molecule has 2 aromatic rings. The lowest BCUT2D eigenvalue weighted by Gasteiger charge is -2.33. The summed E-state index contributed by atoms with van der Waals surface area (Å²) in [5.74, 6) is 0.889. The van der Waals surface area contributed by atoms with Gasteiger partial charge in [0.05, 0.1) is 19.3 Å². The zero-order chi connectivity index (χ0) is 21.5. The standard InChI is InChI=1S/C23H25FN2O3S/c1-15(2)12-21(27)26-10-11-30-23(26)18-13-17(29-3)8-9-20(18)25(22(23)28)14-16-6-4-5-7-19(16)24/h4-9,13,15H,10-12,14H2,1-3H3/t23-/m0/s1. The monoisotopic (exact) mass is 428 g/mol. The third-order valence-corrected chi connectivity index (χ3v) is 6.99. The van der Waals surface area contributed by atoms with Crippen LogP contribution >= 0.6 is 11.8 Å². The van der Waals surface area contributed by atoms with Gasteiger partial charge in [-0.1, -0.05) is 32.0 Å². The molecule has 2 aliphatic rings. The highest BCUT2D eigenvalue weighted by Gasteiger charge is 2.59. The van der Waals surface area contributed by atoms with Crippen molar-refractivity contribution in [2.24, 2.45) is 5.92 Å². The van der Waals surface area contributed by atoms with E-state index in [-0.39, 0.29) is 30.1 Å². The zero-order valence-corrected chi connectivity index (χ0v) is 18.2. The Morgan fingerprint density at radius 1 is 1.27 bits per heavy atom. The maximum absolute atomic E-state index is 14.4. The highest BCUT2D eigenvalue weighted by molar-refractivity contribution is 8.01. The van der Waals surface area contributed by atoms with Crippen LogP contribution in [0.3, 0.4) is 0 Å². The molecular weight excluding hydrogens is 403 g/mol. The minimum absolute atomic E-state index is 0.0372. The predicted molar refractivity (Wildman–Crippen MR) is 116 cm³/mol. The molecule has 0 aliphatic carbocycles. The van der Waals surface area contributed by atoms with Gasteiger partial charge in [-0.15, -0.1) is 11.8 Å². The Bertz CT molecular complexity index is 996. The van der Waals surface area contributed by atoms with E-state index >= 15 is 0 Å². The lowest BCUT2D eigenvalue weighted by atomic mass is 10.0. The quantitative estimate of drug-likeness (QED) is 0.718. The number of ether oxygens (including phenoxy) is 1. The first-order valence-electron chi connectivity index (χ1n) is 10.1. The van der Waals surface area contributed by atoms with Gasteiger partial charge in [0, 0.05) is 29.8 Å². The molecule has 30 heavy (non-hydrogen) atoms. The molecule has 2 heterocycles. The highest BCUT2D eigenvalue weighted by atomic mass is 32.2. The van der Waals surface area contributed by atoms with E-state index in [9.17, 15) is 14.0 Å². The number of halogens is 1. The van der Waals surface area contributed by atoms with Gasteiger partial charge in [0.1, 0.15) is 11.6 Å². The van der Waals surface area contributed by atoms with Gasteiger partial charge in [-0.3, -0.25) is 9.59 Å². The van der Waals surface area contributed by atoms with Crippen molar-refractivity contribution in [2.45, 2.75) is 31.7 Å². The summed E-state index contributed by atoms with van der Waals surface area (Å²) in [6, 6.07) is 11.9. The second kappa shape index (κ2) is 7.95. The van der Waals surface area contributed by atoms with Gasteiger partial charge < -0.3 is 14.5 Å². The summed E-state index contributed by atoms with van der Waals surface area (Å²) in [7, 11) is 1.58. The molecule has 2 amide bonds. The van der Waals surface area contributed by atoms with Crippen molar-refractivity contribution in [1.82, 2.24) is 4.90 Å². The van der Waals surface area contributed by atoms with E-state index in [1.807, 2.05) is 26.0 Å². The van der Waals surface area contributed by atoms with Crippen molar-refractivity contribution < 1.29 is 18.7 Å². The molecule has 2 aliphatic heterocycles. The van der Waals surface area contributed by atoms with Gasteiger partial charge in [0.15, 0.2) is 4.87 Å². The lowest BCUT2D eigenvalue weighted by molar-refractivity contribution is -0.140. The maximum atomic E-state index is 14.4. The van der Waals surface area contributed by atoms with E-state index in [1.165, 1.54) is 17.8 Å². The summed E-state index contributed by atoms with van der Waals surface area (Å²) in [5, 5.41) is 0. The van der Waals surface area contributed by atoms with Crippen LogP contribution in [0.1, 0.15) is 31.4 Å². The predicted octanol–water partition coefficient (Wildman–Crippen LogP) is 4.16. The average Bonchev–Trinajstić information content (AvgIpc) is 3.26. The van der Waals surface area contributed by atoms with E-state index in [0.717, 1.165) is 5.56 Å². The Labute approximate surface area is 180 Å². The van der Waals surface area contributed by atoms with Crippen LogP contribution < -0.4 is 9.64 Å². The number of rotatable bonds is 5. The third-order valence-electron chi connectivity index (χ3n) is 5.57. The molecule has 5 nitrogen and oxygen atoms in total. The molecule has 0 radical (unpaired) electrons. The van der Waals surface area contributed by atoms with E-state index in [1.54, 1.807) is 41.2 Å². The lowest BCUT2D eigenvalue weighted by Crippen LogP contribution is -2.50. The second-order valence-electron chi connectivity index (χ2n) is 8.00. The molecule has 1 spiro atoms. The van der Waals surface area contributed by atoms with Crippen molar-refractivity contribution >= 4 is 29.3 Å². The van der Waals surface area contributed by atoms with E-state index in [0.29, 0.717) is 35.7 Å². The number of methoxy groups -OCH3 is 1. The highest BCUT2D eigenvalue weighted by Crippen LogP contribution is 2.55. The molecule has 1 saturated heterocycles.